The Morgan fingerprint density at radius 2 is 1.65 bits per heavy atom. The molecule has 134 valence electrons. The van der Waals surface area contributed by atoms with Crippen LogP contribution in [0.15, 0.2) is 0 Å². The smallest absolute Gasteiger partial charge is 0.394 e. The van der Waals surface area contributed by atoms with E-state index in [1.54, 1.807) is 0 Å². The Hall–Kier alpha value is -1.47. The SMILES string of the molecule is CCC(CC)(CC)CNC(=O)N1C[C@@H](C(F)(F)F)[C@H](C(=O)O)C1. The molecular formula is C15H25F3N2O3. The summed E-state index contributed by atoms with van der Waals surface area (Å²) in [5.74, 6) is -5.14. The first-order chi connectivity index (χ1) is 10.6. The van der Waals surface area contributed by atoms with Gasteiger partial charge in [-0.2, -0.15) is 13.2 Å². The second-order valence-corrected chi connectivity index (χ2v) is 6.22. The predicted octanol–water partition coefficient (Wildman–Crippen LogP) is 3.11. The molecule has 2 N–H and O–H groups in total. The van der Waals surface area contributed by atoms with Gasteiger partial charge in [0.2, 0.25) is 0 Å². The van der Waals surface area contributed by atoms with E-state index in [1.165, 1.54) is 0 Å². The van der Waals surface area contributed by atoms with Crippen LogP contribution in [-0.2, 0) is 4.79 Å². The quantitative estimate of drug-likeness (QED) is 0.782. The van der Waals surface area contributed by atoms with Gasteiger partial charge in [-0.15, -0.1) is 0 Å². The number of rotatable bonds is 6. The van der Waals surface area contributed by atoms with Crippen LogP contribution in [0.5, 0.6) is 0 Å². The number of halogens is 3. The highest BCUT2D eigenvalue weighted by Gasteiger charge is 2.53. The largest absolute Gasteiger partial charge is 0.481 e. The normalized spacial score (nSPS) is 22.3. The number of hydrogen-bond donors (Lipinski definition) is 2. The molecule has 1 heterocycles. The van der Waals surface area contributed by atoms with E-state index in [0.717, 1.165) is 24.2 Å². The minimum absolute atomic E-state index is 0.0784. The molecule has 0 aliphatic carbocycles. The first kappa shape index (κ1) is 19.6. The monoisotopic (exact) mass is 338 g/mol. The fourth-order valence-corrected chi connectivity index (χ4v) is 3.05. The molecule has 0 unspecified atom stereocenters. The first-order valence-electron chi connectivity index (χ1n) is 7.92. The molecule has 1 saturated heterocycles. The van der Waals surface area contributed by atoms with E-state index < -0.39 is 43.1 Å². The molecule has 0 bridgehead atoms. The van der Waals surface area contributed by atoms with Gasteiger partial charge in [-0.1, -0.05) is 20.8 Å². The molecule has 0 spiro atoms. The number of carbonyl (C=O) groups is 2. The van der Waals surface area contributed by atoms with E-state index in [0.29, 0.717) is 6.54 Å². The average Bonchev–Trinajstić information content (AvgIpc) is 2.94. The Labute approximate surface area is 134 Å². The third-order valence-electron chi connectivity index (χ3n) is 5.21. The van der Waals surface area contributed by atoms with Crippen LogP contribution in [0.25, 0.3) is 0 Å². The molecule has 1 fully saturated rings. The lowest BCUT2D eigenvalue weighted by molar-refractivity contribution is -0.187. The number of likely N-dealkylation sites (tertiary alicyclic amines) is 1. The van der Waals surface area contributed by atoms with Gasteiger partial charge in [0.25, 0.3) is 0 Å². The van der Waals surface area contributed by atoms with Gasteiger partial charge in [-0.3, -0.25) is 4.79 Å². The lowest BCUT2D eigenvalue weighted by Crippen LogP contribution is -2.44. The van der Waals surface area contributed by atoms with Crippen LogP contribution in [0.1, 0.15) is 40.0 Å². The average molecular weight is 338 g/mol. The topological polar surface area (TPSA) is 69.6 Å². The van der Waals surface area contributed by atoms with Gasteiger partial charge >= 0.3 is 18.2 Å². The molecule has 0 saturated carbocycles. The van der Waals surface area contributed by atoms with E-state index >= 15 is 0 Å². The van der Waals surface area contributed by atoms with E-state index in [9.17, 15) is 22.8 Å². The number of carbonyl (C=O) groups excluding carboxylic acids is 1. The molecule has 8 heteroatoms. The van der Waals surface area contributed by atoms with Crippen LogP contribution in [0.3, 0.4) is 0 Å². The van der Waals surface area contributed by atoms with Crippen molar-refractivity contribution in [2.75, 3.05) is 19.6 Å². The maximum atomic E-state index is 12.9. The van der Waals surface area contributed by atoms with Crippen LogP contribution in [0.2, 0.25) is 0 Å². The van der Waals surface area contributed by atoms with Crippen molar-refractivity contribution in [1.29, 1.82) is 0 Å². The maximum absolute atomic E-state index is 12.9. The van der Waals surface area contributed by atoms with Crippen molar-refractivity contribution in [3.63, 3.8) is 0 Å². The maximum Gasteiger partial charge on any atom is 0.394 e. The van der Waals surface area contributed by atoms with E-state index in [4.69, 9.17) is 5.11 Å². The number of amides is 2. The molecule has 2 amide bonds. The van der Waals surface area contributed by atoms with Crippen molar-refractivity contribution >= 4 is 12.0 Å². The van der Waals surface area contributed by atoms with Crippen LogP contribution < -0.4 is 5.32 Å². The summed E-state index contributed by atoms with van der Waals surface area (Å²) < 4.78 is 38.8. The summed E-state index contributed by atoms with van der Waals surface area (Å²) in [7, 11) is 0. The molecule has 0 aromatic heterocycles. The second-order valence-electron chi connectivity index (χ2n) is 6.22. The second kappa shape index (κ2) is 7.40. The Balaban J connectivity index is 2.73. The van der Waals surface area contributed by atoms with Gasteiger partial charge in [0.05, 0.1) is 11.8 Å². The lowest BCUT2D eigenvalue weighted by atomic mass is 9.80. The fourth-order valence-electron chi connectivity index (χ4n) is 3.05. The van der Waals surface area contributed by atoms with E-state index in [-0.39, 0.29) is 5.41 Å². The molecule has 1 aliphatic rings. The zero-order valence-corrected chi connectivity index (χ0v) is 13.7. The van der Waals surface area contributed by atoms with Crippen molar-refractivity contribution in [2.24, 2.45) is 17.3 Å². The van der Waals surface area contributed by atoms with Crippen molar-refractivity contribution < 1.29 is 27.9 Å². The Morgan fingerprint density at radius 3 is 2.00 bits per heavy atom. The summed E-state index contributed by atoms with van der Waals surface area (Å²) in [6, 6.07) is -0.622. The summed E-state index contributed by atoms with van der Waals surface area (Å²) in [5.41, 5.74) is -0.0784. The van der Waals surface area contributed by atoms with Gasteiger partial charge in [-0.25, -0.2) is 4.79 Å². The number of nitrogens with zero attached hydrogens (tertiary/aromatic N) is 1. The third-order valence-corrected chi connectivity index (χ3v) is 5.21. The van der Waals surface area contributed by atoms with Crippen LogP contribution in [-0.4, -0.2) is 47.8 Å². The lowest BCUT2D eigenvalue weighted by Gasteiger charge is -2.31. The molecule has 2 atom stereocenters. The number of nitrogens with one attached hydrogen (secondary N) is 1. The number of hydrogen-bond acceptors (Lipinski definition) is 2. The van der Waals surface area contributed by atoms with Crippen molar-refractivity contribution in [1.82, 2.24) is 10.2 Å². The van der Waals surface area contributed by atoms with Gasteiger partial charge in [0.15, 0.2) is 0 Å². The molecule has 1 rings (SSSR count). The Bertz CT molecular complexity index is 428. The molecule has 1 aliphatic heterocycles. The number of carboxylic acid groups (broad SMARTS) is 1. The fraction of sp³-hybridized carbons (Fsp3) is 0.867. The summed E-state index contributed by atoms with van der Waals surface area (Å²) in [6.07, 6.45) is -2.08. The number of aliphatic carboxylic acids is 1. The number of alkyl halides is 3. The highest BCUT2D eigenvalue weighted by atomic mass is 19.4. The van der Waals surface area contributed by atoms with Gasteiger partial charge in [0, 0.05) is 19.6 Å². The van der Waals surface area contributed by atoms with Crippen molar-refractivity contribution in [3.8, 4) is 0 Å². The molecule has 0 aromatic rings. The van der Waals surface area contributed by atoms with Crippen molar-refractivity contribution in [3.05, 3.63) is 0 Å². The van der Waals surface area contributed by atoms with Crippen LogP contribution in [0.4, 0.5) is 18.0 Å². The standard InChI is InChI=1S/C15H25F3N2O3/c1-4-14(5-2,6-3)9-19-13(23)20-7-10(12(21)22)11(8-20)15(16,17)18/h10-11H,4-9H2,1-3H3,(H,19,23)(H,21,22)/t10-,11-/m1/s1. The zero-order valence-electron chi connectivity index (χ0n) is 13.7. The van der Waals surface area contributed by atoms with Gasteiger partial charge < -0.3 is 15.3 Å². The van der Waals surface area contributed by atoms with Crippen LogP contribution in [0, 0.1) is 17.3 Å². The summed E-state index contributed by atoms with van der Waals surface area (Å²) in [5, 5.41) is 11.6. The van der Waals surface area contributed by atoms with Crippen LogP contribution >= 0.6 is 0 Å². The number of urea groups is 1. The summed E-state index contributed by atoms with van der Waals surface area (Å²) in [6.45, 7) is 5.38. The minimum Gasteiger partial charge on any atom is -0.481 e. The van der Waals surface area contributed by atoms with Gasteiger partial charge in [0.1, 0.15) is 0 Å². The zero-order chi connectivity index (χ0) is 17.8. The third kappa shape index (κ3) is 4.51. The van der Waals surface area contributed by atoms with E-state index in [2.05, 4.69) is 5.32 Å². The van der Waals surface area contributed by atoms with Crippen molar-refractivity contribution in [2.45, 2.75) is 46.2 Å². The molecule has 23 heavy (non-hydrogen) atoms. The highest BCUT2D eigenvalue weighted by Crippen LogP contribution is 2.38. The Kier molecular flexibility index (Phi) is 6.30. The molecule has 0 radical (unpaired) electrons. The predicted molar refractivity (Wildman–Crippen MR) is 78.9 cm³/mol. The van der Waals surface area contributed by atoms with E-state index in [1.807, 2.05) is 20.8 Å². The molecule has 5 nitrogen and oxygen atoms in total. The Morgan fingerprint density at radius 1 is 1.13 bits per heavy atom. The number of carboxylic acids is 1. The highest BCUT2D eigenvalue weighted by molar-refractivity contribution is 5.77. The summed E-state index contributed by atoms with van der Waals surface area (Å²) >= 11 is 0. The minimum atomic E-state index is -4.63. The first-order valence-corrected chi connectivity index (χ1v) is 7.92. The molecular weight excluding hydrogens is 313 g/mol. The summed E-state index contributed by atoms with van der Waals surface area (Å²) in [4.78, 5) is 24.1. The van der Waals surface area contributed by atoms with Gasteiger partial charge in [-0.05, 0) is 24.7 Å². The molecule has 0 aromatic carbocycles.